The van der Waals surface area contributed by atoms with Crippen LogP contribution in [0.1, 0.15) is 11.1 Å². The van der Waals surface area contributed by atoms with E-state index in [1.807, 2.05) is 24.3 Å². The van der Waals surface area contributed by atoms with Crippen LogP contribution in [-0.2, 0) is 20.6 Å². The third kappa shape index (κ3) is 3.44. The van der Waals surface area contributed by atoms with Gasteiger partial charge in [0.15, 0.2) is 11.2 Å². The first kappa shape index (κ1) is 19.7. The third-order valence-corrected chi connectivity index (χ3v) is 5.25. The predicted molar refractivity (Wildman–Crippen MR) is 118 cm³/mol. The van der Waals surface area contributed by atoms with Crippen molar-refractivity contribution in [1.82, 2.24) is 18.7 Å². The van der Waals surface area contributed by atoms with Gasteiger partial charge in [0.05, 0.1) is 6.54 Å². The molecule has 8 heteroatoms. The Balaban J connectivity index is 1.95. The van der Waals surface area contributed by atoms with E-state index in [0.717, 1.165) is 14.6 Å². The molecular formula is C22H17BrN4O3. The number of aryl methyl sites for hydroxylation is 1. The zero-order valence-corrected chi connectivity index (χ0v) is 17.9. The Hall–Kier alpha value is -3.57. The van der Waals surface area contributed by atoms with E-state index in [1.165, 1.54) is 11.6 Å². The van der Waals surface area contributed by atoms with E-state index in [-0.39, 0.29) is 17.2 Å². The van der Waals surface area contributed by atoms with Gasteiger partial charge < -0.3 is 4.74 Å². The van der Waals surface area contributed by atoms with Gasteiger partial charge >= 0.3 is 11.7 Å². The summed E-state index contributed by atoms with van der Waals surface area (Å²) in [7, 11) is 3.01. The zero-order chi connectivity index (χ0) is 21.4. The molecule has 0 N–H and O–H groups in total. The summed E-state index contributed by atoms with van der Waals surface area (Å²) in [6.07, 6.45) is 5.48. The number of halogens is 1. The first-order valence-corrected chi connectivity index (χ1v) is 9.83. The van der Waals surface area contributed by atoms with Crippen molar-refractivity contribution in [2.24, 2.45) is 14.1 Å². The molecule has 0 fully saturated rings. The van der Waals surface area contributed by atoms with E-state index in [4.69, 9.17) is 11.2 Å². The van der Waals surface area contributed by atoms with Gasteiger partial charge in [0, 0.05) is 24.1 Å². The van der Waals surface area contributed by atoms with E-state index < -0.39 is 11.2 Å². The predicted octanol–water partition coefficient (Wildman–Crippen LogP) is 3.02. The van der Waals surface area contributed by atoms with Crippen LogP contribution in [0.3, 0.4) is 0 Å². The maximum absolute atomic E-state index is 12.9. The third-order valence-electron chi connectivity index (χ3n) is 4.75. The molecule has 0 saturated carbocycles. The molecule has 2 heterocycles. The lowest BCUT2D eigenvalue weighted by molar-refractivity contribution is 0.421. The molecule has 0 unspecified atom stereocenters. The number of nitrogens with zero attached hydrogens (tertiary/aromatic N) is 4. The fourth-order valence-electron chi connectivity index (χ4n) is 3.22. The maximum atomic E-state index is 12.9. The van der Waals surface area contributed by atoms with Crippen molar-refractivity contribution >= 4 is 27.1 Å². The summed E-state index contributed by atoms with van der Waals surface area (Å²) in [5.74, 6) is 3.05. The summed E-state index contributed by atoms with van der Waals surface area (Å²) in [6, 6.07) is 14.9. The first-order valence-electron chi connectivity index (χ1n) is 9.04. The molecule has 2 aromatic carbocycles. The minimum Gasteiger partial charge on any atom is -0.425 e. The van der Waals surface area contributed by atoms with Gasteiger partial charge in [-0.05, 0) is 35.9 Å². The van der Waals surface area contributed by atoms with Gasteiger partial charge in [-0.25, -0.2) is 4.79 Å². The Morgan fingerprint density at radius 1 is 1.10 bits per heavy atom. The lowest BCUT2D eigenvalue weighted by Gasteiger charge is -2.11. The van der Waals surface area contributed by atoms with Gasteiger partial charge in [-0.1, -0.05) is 40.0 Å². The Morgan fingerprint density at radius 2 is 1.87 bits per heavy atom. The normalized spacial score (nSPS) is 10.9. The second-order valence-electron chi connectivity index (χ2n) is 6.76. The largest absolute Gasteiger partial charge is 0.425 e. The molecule has 0 atom stereocenters. The molecule has 7 nitrogen and oxygen atoms in total. The van der Waals surface area contributed by atoms with E-state index in [0.29, 0.717) is 17.9 Å². The quantitative estimate of drug-likeness (QED) is 0.435. The molecule has 0 aliphatic heterocycles. The van der Waals surface area contributed by atoms with Crippen molar-refractivity contribution < 1.29 is 4.74 Å². The van der Waals surface area contributed by atoms with Gasteiger partial charge in [-0.2, -0.15) is 4.98 Å². The number of aromatic nitrogens is 4. The fourth-order valence-corrected chi connectivity index (χ4v) is 3.67. The van der Waals surface area contributed by atoms with Gasteiger partial charge in [-0.3, -0.25) is 18.5 Å². The molecule has 0 amide bonds. The molecule has 2 aromatic heterocycles. The number of hydrogen-bond acceptors (Lipinski definition) is 4. The van der Waals surface area contributed by atoms with Crippen LogP contribution in [-0.4, -0.2) is 18.7 Å². The average molecular weight is 465 g/mol. The molecule has 0 spiro atoms. The standard InChI is InChI=1S/C22H17BrN4O3/c1-4-14-7-6-10-17(12-14)30-21-24-19-18(20(28)26(3)22(29)25(19)2)27(21)13-15-8-5-9-16(23)11-15/h1,5-12H,13H2,2-3H3. The van der Waals surface area contributed by atoms with Crippen LogP contribution in [0.2, 0.25) is 0 Å². The maximum Gasteiger partial charge on any atom is 0.332 e. The lowest BCUT2D eigenvalue weighted by Crippen LogP contribution is -2.37. The average Bonchev–Trinajstić information content (AvgIpc) is 3.09. The van der Waals surface area contributed by atoms with E-state index in [1.54, 1.807) is 35.9 Å². The topological polar surface area (TPSA) is 71.1 Å². The monoisotopic (exact) mass is 464 g/mol. The van der Waals surface area contributed by atoms with E-state index >= 15 is 0 Å². The summed E-state index contributed by atoms with van der Waals surface area (Å²) in [6.45, 7) is 0.327. The molecule has 0 saturated heterocycles. The van der Waals surface area contributed by atoms with Crippen LogP contribution in [0, 0.1) is 12.3 Å². The Kier molecular flexibility index (Phi) is 5.06. The molecule has 0 aliphatic carbocycles. The minimum absolute atomic E-state index is 0.192. The number of ether oxygens (including phenoxy) is 1. The van der Waals surface area contributed by atoms with Crippen LogP contribution in [0.5, 0.6) is 11.8 Å². The number of rotatable bonds is 4. The van der Waals surface area contributed by atoms with Crippen molar-refractivity contribution in [2.75, 3.05) is 0 Å². The van der Waals surface area contributed by atoms with E-state index in [9.17, 15) is 9.59 Å². The SMILES string of the molecule is C#Cc1cccc(Oc2nc3c(c(=O)n(C)c(=O)n3C)n2Cc2cccc(Br)c2)c1. The molecular weight excluding hydrogens is 448 g/mol. The number of terminal acetylenes is 1. The fraction of sp³-hybridized carbons (Fsp3) is 0.136. The van der Waals surface area contributed by atoms with Crippen LogP contribution < -0.4 is 16.0 Å². The highest BCUT2D eigenvalue weighted by Crippen LogP contribution is 2.26. The van der Waals surface area contributed by atoms with Crippen molar-refractivity contribution in [2.45, 2.75) is 6.54 Å². The zero-order valence-electron chi connectivity index (χ0n) is 16.3. The first-order chi connectivity index (χ1) is 14.4. The van der Waals surface area contributed by atoms with Gasteiger partial charge in [-0.15, -0.1) is 6.42 Å². The van der Waals surface area contributed by atoms with Crippen LogP contribution in [0.25, 0.3) is 11.2 Å². The number of hydrogen-bond donors (Lipinski definition) is 0. The molecule has 30 heavy (non-hydrogen) atoms. The lowest BCUT2D eigenvalue weighted by atomic mass is 10.2. The summed E-state index contributed by atoms with van der Waals surface area (Å²) in [4.78, 5) is 29.8. The van der Waals surface area contributed by atoms with Crippen molar-refractivity contribution in [3.8, 4) is 24.1 Å². The summed E-state index contributed by atoms with van der Waals surface area (Å²) in [5, 5.41) is 0. The molecule has 4 aromatic rings. The molecule has 150 valence electrons. The minimum atomic E-state index is -0.458. The highest BCUT2D eigenvalue weighted by Gasteiger charge is 2.21. The number of fused-ring (bicyclic) bond motifs is 1. The van der Waals surface area contributed by atoms with Crippen molar-refractivity contribution in [3.63, 3.8) is 0 Å². The van der Waals surface area contributed by atoms with Crippen molar-refractivity contribution in [1.29, 1.82) is 0 Å². The van der Waals surface area contributed by atoms with Gasteiger partial charge in [0.2, 0.25) is 0 Å². The Bertz CT molecular complexity index is 1440. The Labute approximate surface area is 180 Å². The smallest absolute Gasteiger partial charge is 0.332 e. The van der Waals surface area contributed by atoms with Crippen LogP contribution >= 0.6 is 15.9 Å². The summed E-state index contributed by atoms with van der Waals surface area (Å²) in [5.41, 5.74) is 1.22. The van der Waals surface area contributed by atoms with Crippen LogP contribution in [0.15, 0.2) is 62.6 Å². The second-order valence-corrected chi connectivity index (χ2v) is 7.68. The molecule has 0 aliphatic rings. The summed E-state index contributed by atoms with van der Waals surface area (Å²) >= 11 is 3.47. The number of imidazole rings is 1. The molecule has 0 radical (unpaired) electrons. The van der Waals surface area contributed by atoms with E-state index in [2.05, 4.69) is 26.8 Å². The summed E-state index contributed by atoms with van der Waals surface area (Å²) < 4.78 is 11.0. The highest BCUT2D eigenvalue weighted by molar-refractivity contribution is 9.10. The van der Waals surface area contributed by atoms with Gasteiger partial charge in [0.25, 0.3) is 5.56 Å². The molecule has 4 rings (SSSR count). The van der Waals surface area contributed by atoms with Crippen LogP contribution in [0.4, 0.5) is 0 Å². The Morgan fingerprint density at radius 3 is 2.60 bits per heavy atom. The van der Waals surface area contributed by atoms with Gasteiger partial charge in [0.1, 0.15) is 5.75 Å². The molecule has 0 bridgehead atoms. The number of benzene rings is 2. The highest BCUT2D eigenvalue weighted by atomic mass is 79.9. The van der Waals surface area contributed by atoms with Crippen molar-refractivity contribution in [3.05, 3.63) is 85.0 Å². The second kappa shape index (κ2) is 7.69.